The Morgan fingerprint density at radius 1 is 1.03 bits per heavy atom. The zero-order chi connectivity index (χ0) is 22.1. The average molecular weight is 428 g/mol. The van der Waals surface area contributed by atoms with Crippen molar-refractivity contribution in [3.8, 4) is 0 Å². The third kappa shape index (κ3) is 3.94. The highest BCUT2D eigenvalue weighted by Gasteiger charge is 2.20. The van der Waals surface area contributed by atoms with Gasteiger partial charge in [-0.15, -0.1) is 0 Å². The number of carbonyl (C=O) groups is 1. The van der Waals surface area contributed by atoms with Crippen molar-refractivity contribution in [2.75, 3.05) is 42.9 Å². The fourth-order valence-electron chi connectivity index (χ4n) is 4.28. The molecule has 1 aliphatic rings. The second-order valence-corrected chi connectivity index (χ2v) is 8.08. The number of carbonyl (C=O) groups excluding carboxylic acids is 1. The number of fused-ring (bicyclic) bond motifs is 3. The van der Waals surface area contributed by atoms with Gasteiger partial charge in [-0.3, -0.25) is 9.69 Å². The van der Waals surface area contributed by atoms with Crippen LogP contribution in [-0.2, 0) is 4.79 Å². The summed E-state index contributed by atoms with van der Waals surface area (Å²) in [6.45, 7) is 5.53. The quantitative estimate of drug-likeness (QED) is 0.396. The molecule has 162 valence electrons. The molecule has 7 nitrogen and oxygen atoms in total. The van der Waals surface area contributed by atoms with Gasteiger partial charge in [-0.25, -0.2) is 9.78 Å². The van der Waals surface area contributed by atoms with Crippen molar-refractivity contribution >= 4 is 39.3 Å². The van der Waals surface area contributed by atoms with E-state index >= 15 is 0 Å². The minimum Gasteiger partial charge on any atom is -0.422 e. The molecule has 0 radical (unpaired) electrons. The van der Waals surface area contributed by atoms with E-state index in [1.54, 1.807) is 12.1 Å². The van der Waals surface area contributed by atoms with Gasteiger partial charge in [0.2, 0.25) is 5.91 Å². The highest BCUT2D eigenvalue weighted by molar-refractivity contribution is 6.04. The van der Waals surface area contributed by atoms with E-state index in [0.717, 1.165) is 37.1 Å². The molecule has 4 aromatic rings. The van der Waals surface area contributed by atoms with Crippen molar-refractivity contribution in [1.29, 1.82) is 0 Å². The second kappa shape index (κ2) is 8.43. The molecule has 1 aliphatic heterocycles. The first-order chi connectivity index (χ1) is 15.6. The lowest BCUT2D eigenvalue weighted by molar-refractivity contribution is -0.117. The van der Waals surface area contributed by atoms with Crippen LogP contribution in [0.2, 0.25) is 0 Å². The van der Waals surface area contributed by atoms with Crippen molar-refractivity contribution in [3.63, 3.8) is 0 Å². The maximum atomic E-state index is 12.7. The number of rotatable bonds is 4. The summed E-state index contributed by atoms with van der Waals surface area (Å²) >= 11 is 0. The fourth-order valence-corrected chi connectivity index (χ4v) is 4.28. The van der Waals surface area contributed by atoms with Gasteiger partial charge in [0.05, 0.1) is 17.4 Å². The Labute approximate surface area is 185 Å². The van der Waals surface area contributed by atoms with Gasteiger partial charge in [-0.05, 0) is 42.8 Å². The molecule has 0 aliphatic carbocycles. The average Bonchev–Trinajstić information content (AvgIpc) is 2.80. The van der Waals surface area contributed by atoms with Crippen LogP contribution >= 0.6 is 0 Å². The summed E-state index contributed by atoms with van der Waals surface area (Å²) in [5.74, 6) is 0.329. The first kappa shape index (κ1) is 20.2. The fraction of sp³-hybridized carbons (Fsp3) is 0.240. The number of nitrogens with zero attached hydrogens (tertiary/aromatic N) is 3. The lowest BCUT2D eigenvalue weighted by Gasteiger charge is -2.35. The van der Waals surface area contributed by atoms with E-state index in [0.29, 0.717) is 28.8 Å². The van der Waals surface area contributed by atoms with E-state index in [2.05, 4.69) is 32.2 Å². The zero-order valence-corrected chi connectivity index (χ0v) is 17.9. The Bertz CT molecular complexity index is 1340. The summed E-state index contributed by atoms with van der Waals surface area (Å²) < 4.78 is 5.42. The molecule has 0 bridgehead atoms. The van der Waals surface area contributed by atoms with Gasteiger partial charge in [0.25, 0.3) is 0 Å². The van der Waals surface area contributed by atoms with Crippen LogP contribution < -0.4 is 15.8 Å². The third-order valence-corrected chi connectivity index (χ3v) is 5.89. The van der Waals surface area contributed by atoms with Crippen molar-refractivity contribution in [2.24, 2.45) is 0 Å². The zero-order valence-electron chi connectivity index (χ0n) is 17.9. The SMILES string of the molecule is Cc1cc(NC(=O)CN2CCN(c3ccccc3)CC2)nc2c1c(=O)oc1ccccc12. The van der Waals surface area contributed by atoms with Gasteiger partial charge in [0, 0.05) is 37.3 Å². The molecule has 7 heteroatoms. The lowest BCUT2D eigenvalue weighted by Crippen LogP contribution is -2.48. The number of amides is 1. The Balaban J connectivity index is 1.30. The molecule has 1 fully saturated rings. The molecular formula is C25H24N4O3. The van der Waals surface area contributed by atoms with E-state index in [9.17, 15) is 9.59 Å². The summed E-state index contributed by atoms with van der Waals surface area (Å²) in [7, 11) is 0. The van der Waals surface area contributed by atoms with Gasteiger partial charge >= 0.3 is 5.63 Å². The largest absolute Gasteiger partial charge is 0.422 e. The smallest absolute Gasteiger partial charge is 0.346 e. The summed E-state index contributed by atoms with van der Waals surface area (Å²) in [5.41, 5.74) is 2.54. The topological polar surface area (TPSA) is 78.7 Å². The van der Waals surface area contributed by atoms with Crippen LogP contribution in [0, 0.1) is 6.92 Å². The van der Waals surface area contributed by atoms with E-state index in [4.69, 9.17) is 4.42 Å². The van der Waals surface area contributed by atoms with Crippen molar-refractivity contribution in [1.82, 2.24) is 9.88 Å². The number of hydrogen-bond donors (Lipinski definition) is 1. The van der Waals surface area contributed by atoms with Crippen LogP contribution in [0.1, 0.15) is 5.56 Å². The van der Waals surface area contributed by atoms with Crippen molar-refractivity contribution < 1.29 is 9.21 Å². The predicted octanol–water partition coefficient (Wildman–Crippen LogP) is 3.41. The van der Waals surface area contributed by atoms with Crippen LogP contribution in [0.15, 0.2) is 69.9 Å². The normalized spacial score (nSPS) is 14.7. The molecule has 3 heterocycles. The summed E-state index contributed by atoms with van der Waals surface area (Å²) in [4.78, 5) is 34.2. The van der Waals surface area contributed by atoms with Crippen molar-refractivity contribution in [3.05, 3.63) is 76.6 Å². The number of pyridine rings is 1. The number of nitrogens with one attached hydrogen (secondary N) is 1. The molecule has 32 heavy (non-hydrogen) atoms. The molecule has 0 atom stereocenters. The maximum Gasteiger partial charge on any atom is 0.346 e. The number of aryl methyl sites for hydroxylation is 1. The first-order valence-electron chi connectivity index (χ1n) is 10.7. The molecule has 5 rings (SSSR count). The summed E-state index contributed by atoms with van der Waals surface area (Å²) in [6.07, 6.45) is 0. The minimum atomic E-state index is -0.419. The Hall–Kier alpha value is -3.71. The molecule has 0 spiro atoms. The Morgan fingerprint density at radius 3 is 2.53 bits per heavy atom. The molecule has 1 amide bonds. The van der Waals surface area contributed by atoms with Gasteiger partial charge in [0.15, 0.2) is 0 Å². The van der Waals surface area contributed by atoms with Gasteiger partial charge in [-0.2, -0.15) is 0 Å². The van der Waals surface area contributed by atoms with Crippen LogP contribution in [0.4, 0.5) is 11.5 Å². The molecule has 1 saturated heterocycles. The van der Waals surface area contributed by atoms with Crippen LogP contribution in [0.5, 0.6) is 0 Å². The standard InChI is InChI=1S/C25H24N4O3/c1-17-15-21(27-24-19-9-5-6-10-20(19)32-25(31)23(17)24)26-22(30)16-28-11-13-29(14-12-28)18-7-3-2-4-8-18/h2-10,15H,11-14,16H2,1H3,(H,26,27,30). The Kier molecular flexibility index (Phi) is 5.33. The molecule has 0 unspecified atom stereocenters. The molecule has 0 saturated carbocycles. The van der Waals surface area contributed by atoms with Gasteiger partial charge in [0.1, 0.15) is 11.4 Å². The third-order valence-electron chi connectivity index (χ3n) is 5.89. The van der Waals surface area contributed by atoms with Crippen LogP contribution in [-0.4, -0.2) is 48.5 Å². The molecular weight excluding hydrogens is 404 g/mol. The maximum absolute atomic E-state index is 12.7. The molecule has 1 N–H and O–H groups in total. The van der Waals surface area contributed by atoms with E-state index in [1.165, 1.54) is 5.69 Å². The summed E-state index contributed by atoms with van der Waals surface area (Å²) in [6, 6.07) is 19.3. The number of hydrogen-bond acceptors (Lipinski definition) is 6. The van der Waals surface area contributed by atoms with Crippen molar-refractivity contribution in [2.45, 2.75) is 6.92 Å². The minimum absolute atomic E-state index is 0.114. The number of benzene rings is 2. The van der Waals surface area contributed by atoms with Gasteiger partial charge < -0.3 is 14.6 Å². The number of piperazine rings is 1. The predicted molar refractivity (Wildman–Crippen MR) is 126 cm³/mol. The molecule has 2 aromatic heterocycles. The highest BCUT2D eigenvalue weighted by Crippen LogP contribution is 2.25. The van der Waals surface area contributed by atoms with E-state index < -0.39 is 5.63 Å². The van der Waals surface area contributed by atoms with E-state index in [1.807, 2.05) is 43.3 Å². The Morgan fingerprint density at radius 2 is 1.75 bits per heavy atom. The number of para-hydroxylation sites is 2. The number of anilines is 2. The van der Waals surface area contributed by atoms with Gasteiger partial charge in [-0.1, -0.05) is 30.3 Å². The van der Waals surface area contributed by atoms with E-state index in [-0.39, 0.29) is 5.91 Å². The summed E-state index contributed by atoms with van der Waals surface area (Å²) in [5, 5.41) is 4.10. The monoisotopic (exact) mass is 428 g/mol. The number of aromatic nitrogens is 1. The first-order valence-corrected chi connectivity index (χ1v) is 10.7. The second-order valence-electron chi connectivity index (χ2n) is 8.08. The molecule has 2 aromatic carbocycles. The van der Waals surface area contributed by atoms with Crippen LogP contribution in [0.3, 0.4) is 0 Å². The van der Waals surface area contributed by atoms with Crippen LogP contribution in [0.25, 0.3) is 21.9 Å². The lowest BCUT2D eigenvalue weighted by atomic mass is 10.1. The highest BCUT2D eigenvalue weighted by atomic mass is 16.4.